The van der Waals surface area contributed by atoms with Crippen molar-refractivity contribution in [3.05, 3.63) is 0 Å². The summed E-state index contributed by atoms with van der Waals surface area (Å²) in [5.74, 6) is 0.710. The number of aliphatic hydroxyl groups excluding tert-OH is 1. The molecule has 1 unspecified atom stereocenters. The van der Waals surface area contributed by atoms with Gasteiger partial charge in [-0.3, -0.25) is 0 Å². The van der Waals surface area contributed by atoms with Crippen LogP contribution in [0.1, 0.15) is 52.9 Å². The summed E-state index contributed by atoms with van der Waals surface area (Å²) in [6, 6.07) is 0. The quantitative estimate of drug-likeness (QED) is 0.689. The first-order chi connectivity index (χ1) is 7.69. The van der Waals surface area contributed by atoms with Crippen LogP contribution in [0.3, 0.4) is 0 Å². The van der Waals surface area contributed by atoms with Crippen molar-refractivity contribution in [3.63, 3.8) is 0 Å². The van der Waals surface area contributed by atoms with Crippen LogP contribution in [0, 0.1) is 11.3 Å². The van der Waals surface area contributed by atoms with Crippen molar-refractivity contribution in [1.82, 2.24) is 4.90 Å². The van der Waals surface area contributed by atoms with Gasteiger partial charge in [0.15, 0.2) is 0 Å². The molecule has 2 nitrogen and oxygen atoms in total. The van der Waals surface area contributed by atoms with Crippen molar-refractivity contribution in [2.75, 3.05) is 26.2 Å². The molecule has 1 N–H and O–H groups in total. The van der Waals surface area contributed by atoms with Crippen molar-refractivity contribution < 1.29 is 5.11 Å². The van der Waals surface area contributed by atoms with Gasteiger partial charge >= 0.3 is 0 Å². The van der Waals surface area contributed by atoms with Crippen molar-refractivity contribution in [3.8, 4) is 0 Å². The summed E-state index contributed by atoms with van der Waals surface area (Å²) in [4.78, 5) is 2.59. The fourth-order valence-corrected chi connectivity index (χ4v) is 3.01. The van der Waals surface area contributed by atoms with E-state index in [2.05, 4.69) is 25.7 Å². The minimum Gasteiger partial charge on any atom is -0.396 e. The molecule has 0 spiro atoms. The van der Waals surface area contributed by atoms with Gasteiger partial charge in [0.05, 0.1) is 0 Å². The highest BCUT2D eigenvalue weighted by atomic mass is 16.3. The third-order valence-corrected chi connectivity index (χ3v) is 4.37. The van der Waals surface area contributed by atoms with Crippen molar-refractivity contribution in [1.29, 1.82) is 0 Å². The minimum absolute atomic E-state index is 0.352. The molecule has 0 saturated carbocycles. The first kappa shape index (κ1) is 14.0. The maximum Gasteiger partial charge on any atom is 0.0434 e. The van der Waals surface area contributed by atoms with Gasteiger partial charge < -0.3 is 10.0 Å². The molecule has 1 rings (SSSR count). The monoisotopic (exact) mass is 227 g/mol. The van der Waals surface area contributed by atoms with E-state index in [-0.39, 0.29) is 0 Å². The maximum absolute atomic E-state index is 9.04. The first-order valence-corrected chi connectivity index (χ1v) is 7.03. The highest BCUT2D eigenvalue weighted by molar-refractivity contribution is 4.93. The summed E-state index contributed by atoms with van der Waals surface area (Å²) in [5.41, 5.74) is 0.621. The van der Waals surface area contributed by atoms with Crippen LogP contribution in [0.25, 0.3) is 0 Å². The second-order valence-electron chi connectivity index (χ2n) is 5.54. The van der Waals surface area contributed by atoms with Gasteiger partial charge in [0, 0.05) is 26.2 Å². The summed E-state index contributed by atoms with van der Waals surface area (Å²) >= 11 is 0. The molecule has 1 aliphatic heterocycles. The summed E-state index contributed by atoms with van der Waals surface area (Å²) in [6.07, 6.45) is 6.12. The summed E-state index contributed by atoms with van der Waals surface area (Å²) in [5, 5.41) is 9.04. The van der Waals surface area contributed by atoms with E-state index in [4.69, 9.17) is 5.11 Å². The number of hydrogen-bond acceptors (Lipinski definition) is 2. The average Bonchev–Trinajstić information content (AvgIpc) is 2.23. The fraction of sp³-hybridized carbons (Fsp3) is 1.00. The lowest BCUT2D eigenvalue weighted by Gasteiger charge is -2.51. The molecule has 1 saturated heterocycles. The van der Waals surface area contributed by atoms with E-state index < -0.39 is 0 Å². The van der Waals surface area contributed by atoms with E-state index in [1.54, 1.807) is 0 Å². The molecule has 0 aliphatic carbocycles. The number of hydrogen-bond donors (Lipinski definition) is 1. The molecule has 96 valence electrons. The zero-order valence-electron chi connectivity index (χ0n) is 11.3. The predicted octanol–water partition coefficient (Wildman–Crippen LogP) is 2.91. The van der Waals surface area contributed by atoms with Crippen LogP contribution in [-0.4, -0.2) is 36.2 Å². The van der Waals surface area contributed by atoms with Gasteiger partial charge in [-0.1, -0.05) is 27.2 Å². The molecule has 1 aliphatic rings. The number of rotatable bonds is 8. The minimum atomic E-state index is 0.352. The number of nitrogens with zero attached hydrogens (tertiary/aromatic N) is 1. The fourth-order valence-electron chi connectivity index (χ4n) is 3.01. The van der Waals surface area contributed by atoms with Crippen molar-refractivity contribution in [2.45, 2.75) is 52.9 Å². The van der Waals surface area contributed by atoms with Gasteiger partial charge in [-0.15, -0.1) is 0 Å². The zero-order chi connectivity index (χ0) is 12.0. The van der Waals surface area contributed by atoms with E-state index in [1.165, 1.54) is 45.3 Å². The van der Waals surface area contributed by atoms with Gasteiger partial charge in [-0.2, -0.15) is 0 Å². The van der Waals surface area contributed by atoms with Crippen molar-refractivity contribution >= 4 is 0 Å². The molecule has 0 radical (unpaired) electrons. The molecule has 1 fully saturated rings. The Kier molecular flexibility index (Phi) is 5.77. The normalized spacial score (nSPS) is 21.8. The maximum atomic E-state index is 9.04. The van der Waals surface area contributed by atoms with Crippen LogP contribution in [0.5, 0.6) is 0 Å². The number of aliphatic hydroxyl groups is 1. The topological polar surface area (TPSA) is 23.5 Å². The zero-order valence-corrected chi connectivity index (χ0v) is 11.3. The van der Waals surface area contributed by atoms with E-state index in [9.17, 15) is 0 Å². The first-order valence-electron chi connectivity index (χ1n) is 7.03. The Balaban J connectivity index is 2.28. The lowest BCUT2D eigenvalue weighted by atomic mass is 9.74. The summed E-state index contributed by atoms with van der Waals surface area (Å²) in [6.45, 7) is 11.0. The van der Waals surface area contributed by atoms with Gasteiger partial charge in [-0.25, -0.2) is 0 Å². The third kappa shape index (κ3) is 3.46. The summed E-state index contributed by atoms with van der Waals surface area (Å²) < 4.78 is 0. The van der Waals surface area contributed by atoms with E-state index >= 15 is 0 Å². The Bertz CT molecular complexity index is 175. The van der Waals surface area contributed by atoms with Gasteiger partial charge in [-0.05, 0) is 37.0 Å². The molecule has 2 heteroatoms. The Morgan fingerprint density at radius 2 is 1.75 bits per heavy atom. The Hall–Kier alpha value is -0.0800. The van der Waals surface area contributed by atoms with Gasteiger partial charge in [0.1, 0.15) is 0 Å². The molecule has 1 heterocycles. The lowest BCUT2D eigenvalue weighted by molar-refractivity contribution is -0.0188. The van der Waals surface area contributed by atoms with Crippen LogP contribution in [0.2, 0.25) is 0 Å². The molecular weight excluding hydrogens is 198 g/mol. The molecule has 0 aromatic heterocycles. The Labute approximate surface area is 101 Å². The third-order valence-electron chi connectivity index (χ3n) is 4.37. The highest BCUT2D eigenvalue weighted by Crippen LogP contribution is 2.37. The van der Waals surface area contributed by atoms with Crippen LogP contribution in [-0.2, 0) is 0 Å². The average molecular weight is 227 g/mol. The van der Waals surface area contributed by atoms with E-state index in [1.807, 2.05) is 0 Å². The highest BCUT2D eigenvalue weighted by Gasteiger charge is 2.39. The van der Waals surface area contributed by atoms with E-state index in [0.717, 1.165) is 6.42 Å². The Morgan fingerprint density at radius 1 is 1.12 bits per heavy atom. The van der Waals surface area contributed by atoms with Crippen LogP contribution < -0.4 is 0 Å². The molecule has 0 amide bonds. The molecule has 0 bridgehead atoms. The van der Waals surface area contributed by atoms with E-state index in [0.29, 0.717) is 17.9 Å². The second kappa shape index (κ2) is 6.61. The SMILES string of the molecule is CCCC(CCO)CN1CC(CC)(CC)C1. The lowest BCUT2D eigenvalue weighted by Crippen LogP contribution is -2.56. The van der Waals surface area contributed by atoms with Crippen LogP contribution in [0.15, 0.2) is 0 Å². The molecular formula is C14H29NO. The van der Waals surface area contributed by atoms with Crippen LogP contribution >= 0.6 is 0 Å². The van der Waals surface area contributed by atoms with Gasteiger partial charge in [0.2, 0.25) is 0 Å². The number of likely N-dealkylation sites (tertiary alicyclic amines) is 1. The largest absolute Gasteiger partial charge is 0.396 e. The molecule has 16 heavy (non-hydrogen) atoms. The smallest absolute Gasteiger partial charge is 0.0434 e. The second-order valence-corrected chi connectivity index (χ2v) is 5.54. The predicted molar refractivity (Wildman–Crippen MR) is 69.6 cm³/mol. The molecule has 1 atom stereocenters. The standard InChI is InChI=1S/C14H29NO/c1-4-7-13(8-9-16)10-15-11-14(5-2,6-3)12-15/h13,16H,4-12H2,1-3H3. The van der Waals surface area contributed by atoms with Gasteiger partial charge in [0.25, 0.3) is 0 Å². The summed E-state index contributed by atoms with van der Waals surface area (Å²) in [7, 11) is 0. The molecule has 0 aromatic carbocycles. The van der Waals surface area contributed by atoms with Crippen molar-refractivity contribution in [2.24, 2.45) is 11.3 Å². The Morgan fingerprint density at radius 3 is 2.19 bits per heavy atom. The molecule has 0 aromatic rings. The van der Waals surface area contributed by atoms with Crippen LogP contribution in [0.4, 0.5) is 0 Å².